The number of nitrogens with one attached hydrogen (secondary N) is 1. The molecule has 0 saturated heterocycles. The first-order valence-electron chi connectivity index (χ1n) is 11.0. The summed E-state index contributed by atoms with van der Waals surface area (Å²) in [6, 6.07) is 10.4. The van der Waals surface area contributed by atoms with Crippen LogP contribution in [0.25, 0.3) is 0 Å². The van der Waals surface area contributed by atoms with Crippen molar-refractivity contribution in [1.29, 1.82) is 0 Å². The number of carbonyl (C=O) groups is 2. The van der Waals surface area contributed by atoms with Gasteiger partial charge >= 0.3 is 6.09 Å². The Balaban J connectivity index is 1.67. The molecule has 1 aliphatic heterocycles. The molecule has 5 rings (SSSR count). The van der Waals surface area contributed by atoms with E-state index in [1.54, 1.807) is 45.0 Å². The molecule has 0 aromatic heterocycles. The summed E-state index contributed by atoms with van der Waals surface area (Å²) in [6.07, 6.45) is 1.55. The van der Waals surface area contributed by atoms with Crippen molar-refractivity contribution in [3.63, 3.8) is 0 Å². The fraction of sp³-hybridized carbons (Fsp3) is 0.440. The van der Waals surface area contributed by atoms with Crippen molar-refractivity contribution in [2.24, 2.45) is 5.92 Å². The van der Waals surface area contributed by atoms with Gasteiger partial charge in [-0.2, -0.15) is 0 Å². The van der Waals surface area contributed by atoms with Gasteiger partial charge in [0.25, 0.3) is 5.79 Å². The molecule has 1 saturated carbocycles. The van der Waals surface area contributed by atoms with Gasteiger partial charge < -0.3 is 20.3 Å². The second-order valence-corrected chi connectivity index (χ2v) is 10.1. The van der Waals surface area contributed by atoms with Crippen LogP contribution in [0.15, 0.2) is 36.4 Å². The van der Waals surface area contributed by atoms with E-state index in [1.807, 2.05) is 12.1 Å². The van der Waals surface area contributed by atoms with E-state index >= 15 is 0 Å². The summed E-state index contributed by atoms with van der Waals surface area (Å²) in [5.74, 6) is -1.33. The summed E-state index contributed by atoms with van der Waals surface area (Å²) in [5.41, 5.74) is 5.46. The number of alkyl carbamates (subject to hydrolysis) is 1. The lowest BCUT2D eigenvalue weighted by Crippen LogP contribution is -2.60. The summed E-state index contributed by atoms with van der Waals surface area (Å²) in [5, 5.41) is 14.6. The van der Waals surface area contributed by atoms with Crippen LogP contribution in [0.4, 0.5) is 10.5 Å². The number of anilines is 1. The third-order valence-electron chi connectivity index (χ3n) is 6.75. The maximum absolute atomic E-state index is 13.8. The maximum Gasteiger partial charge on any atom is 0.408 e. The van der Waals surface area contributed by atoms with Crippen molar-refractivity contribution in [2.45, 2.75) is 63.4 Å². The van der Waals surface area contributed by atoms with Gasteiger partial charge in [0, 0.05) is 16.8 Å². The Hall–Kier alpha value is -3.06. The van der Waals surface area contributed by atoms with E-state index in [-0.39, 0.29) is 16.8 Å². The van der Waals surface area contributed by atoms with Crippen LogP contribution in [-0.4, -0.2) is 22.6 Å². The summed E-state index contributed by atoms with van der Waals surface area (Å²) >= 11 is 0. The first-order chi connectivity index (χ1) is 15.0. The first-order valence-corrected chi connectivity index (χ1v) is 11.0. The zero-order valence-electron chi connectivity index (χ0n) is 18.7. The standard InChI is InChI=1S/C25H28N2O5/c1-13(14-8-9-14)15-10-11-16-19(12-15)31-25(30)17-6-5-7-18(26)20(17)21(28)24(16,25)27-22(29)32-23(2,3)4/h5-7,10-14,30H,8-9,26H2,1-4H3,(H,27,29)/t13-,24-,25-/m1/s1. The summed E-state index contributed by atoms with van der Waals surface area (Å²) in [7, 11) is 0. The van der Waals surface area contributed by atoms with Crippen LogP contribution in [0.2, 0.25) is 0 Å². The number of aliphatic hydroxyl groups is 1. The number of ketones is 1. The predicted octanol–water partition coefficient (Wildman–Crippen LogP) is 3.94. The number of benzene rings is 2. The van der Waals surface area contributed by atoms with Crippen LogP contribution >= 0.6 is 0 Å². The Morgan fingerprint density at radius 3 is 2.62 bits per heavy atom. The molecule has 1 fully saturated rings. The number of ether oxygens (including phenoxy) is 2. The van der Waals surface area contributed by atoms with E-state index in [4.69, 9.17) is 15.2 Å². The van der Waals surface area contributed by atoms with Crippen molar-refractivity contribution >= 4 is 17.6 Å². The molecule has 1 amide bonds. The van der Waals surface area contributed by atoms with E-state index < -0.39 is 28.8 Å². The average Bonchev–Trinajstić information content (AvgIpc) is 3.48. The van der Waals surface area contributed by atoms with Crippen LogP contribution in [0, 0.1) is 5.92 Å². The molecule has 2 aliphatic carbocycles. The number of amides is 1. The van der Waals surface area contributed by atoms with Gasteiger partial charge in [-0.15, -0.1) is 0 Å². The van der Waals surface area contributed by atoms with Crippen LogP contribution in [0.1, 0.15) is 73.5 Å². The molecule has 2 aromatic carbocycles. The molecular weight excluding hydrogens is 408 g/mol. The zero-order valence-corrected chi connectivity index (χ0v) is 18.7. The van der Waals surface area contributed by atoms with Gasteiger partial charge in [-0.1, -0.05) is 31.2 Å². The number of nitrogen functional groups attached to an aromatic ring is 1. The van der Waals surface area contributed by atoms with Crippen LogP contribution in [-0.2, 0) is 16.1 Å². The molecule has 0 radical (unpaired) electrons. The summed E-state index contributed by atoms with van der Waals surface area (Å²) < 4.78 is 11.5. The number of carbonyl (C=O) groups excluding carboxylic acids is 2. The van der Waals surface area contributed by atoms with E-state index in [0.717, 1.165) is 5.56 Å². The van der Waals surface area contributed by atoms with E-state index in [9.17, 15) is 14.7 Å². The SMILES string of the molecule is C[C@@H](c1ccc2c(c1)O[C@]1(O)c3cccc(N)c3C(=O)[C@]21NC(=O)OC(C)(C)C)C1CC1. The average molecular weight is 437 g/mol. The monoisotopic (exact) mass is 436 g/mol. The highest BCUT2D eigenvalue weighted by Crippen LogP contribution is 2.59. The van der Waals surface area contributed by atoms with Crippen molar-refractivity contribution in [1.82, 2.24) is 5.32 Å². The molecule has 3 aliphatic rings. The van der Waals surface area contributed by atoms with Crippen LogP contribution in [0.5, 0.6) is 5.75 Å². The number of fused-ring (bicyclic) bond motifs is 5. The smallest absolute Gasteiger partial charge is 0.408 e. The van der Waals surface area contributed by atoms with Gasteiger partial charge in [0.1, 0.15) is 11.4 Å². The first kappa shape index (κ1) is 20.8. The largest absolute Gasteiger partial charge is 0.454 e. The molecular formula is C25H28N2O5. The minimum Gasteiger partial charge on any atom is -0.454 e. The minimum absolute atomic E-state index is 0.145. The minimum atomic E-state index is -2.14. The highest BCUT2D eigenvalue weighted by molar-refractivity contribution is 6.14. The summed E-state index contributed by atoms with van der Waals surface area (Å²) in [6.45, 7) is 7.35. The lowest BCUT2D eigenvalue weighted by Gasteiger charge is -2.35. The van der Waals surface area contributed by atoms with Gasteiger partial charge in [-0.25, -0.2) is 4.79 Å². The van der Waals surface area contributed by atoms with Gasteiger partial charge in [0.2, 0.25) is 11.3 Å². The molecule has 7 heteroatoms. The number of Topliss-reactive ketones (excluding diaryl/α,β-unsaturated/α-hetero) is 1. The highest BCUT2D eigenvalue weighted by atomic mass is 16.6. The highest BCUT2D eigenvalue weighted by Gasteiger charge is 2.72. The molecule has 1 heterocycles. The van der Waals surface area contributed by atoms with Crippen LogP contribution in [0.3, 0.4) is 0 Å². The molecule has 7 nitrogen and oxygen atoms in total. The van der Waals surface area contributed by atoms with Crippen molar-refractivity contribution < 1.29 is 24.2 Å². The normalized spacial score (nSPS) is 26.6. The zero-order chi connectivity index (χ0) is 23.1. The third-order valence-corrected chi connectivity index (χ3v) is 6.75. The molecule has 0 unspecified atom stereocenters. The van der Waals surface area contributed by atoms with E-state index in [2.05, 4.69) is 12.2 Å². The Bertz CT molecular complexity index is 1150. The molecule has 0 bridgehead atoms. The molecule has 0 spiro atoms. The fourth-order valence-corrected chi connectivity index (χ4v) is 5.00. The van der Waals surface area contributed by atoms with Gasteiger partial charge in [0.15, 0.2) is 0 Å². The molecule has 4 N–H and O–H groups in total. The van der Waals surface area contributed by atoms with Crippen molar-refractivity contribution in [3.8, 4) is 5.75 Å². The second-order valence-electron chi connectivity index (χ2n) is 10.1. The van der Waals surface area contributed by atoms with E-state index in [0.29, 0.717) is 23.1 Å². The Morgan fingerprint density at radius 1 is 1.25 bits per heavy atom. The lowest BCUT2D eigenvalue weighted by atomic mass is 9.82. The third kappa shape index (κ3) is 2.77. The quantitative estimate of drug-likeness (QED) is 0.629. The molecule has 3 atom stereocenters. The lowest BCUT2D eigenvalue weighted by molar-refractivity contribution is -0.170. The molecule has 32 heavy (non-hydrogen) atoms. The van der Waals surface area contributed by atoms with Crippen LogP contribution < -0.4 is 15.8 Å². The number of hydrogen-bond donors (Lipinski definition) is 3. The topological polar surface area (TPSA) is 111 Å². The molecule has 168 valence electrons. The number of rotatable bonds is 3. The Labute approximate surface area is 186 Å². The van der Waals surface area contributed by atoms with Gasteiger partial charge in [0.05, 0.1) is 5.56 Å². The van der Waals surface area contributed by atoms with Crippen molar-refractivity contribution in [2.75, 3.05) is 5.73 Å². The van der Waals surface area contributed by atoms with E-state index in [1.165, 1.54) is 12.8 Å². The predicted molar refractivity (Wildman–Crippen MR) is 118 cm³/mol. The second kappa shape index (κ2) is 6.48. The van der Waals surface area contributed by atoms with Gasteiger partial charge in [-0.05, 0) is 63.1 Å². The summed E-state index contributed by atoms with van der Waals surface area (Å²) in [4.78, 5) is 26.7. The number of nitrogens with two attached hydrogens (primary N) is 1. The maximum atomic E-state index is 13.8. The van der Waals surface area contributed by atoms with Crippen molar-refractivity contribution in [3.05, 3.63) is 58.7 Å². The Kier molecular flexibility index (Phi) is 4.22. The van der Waals surface area contributed by atoms with Gasteiger partial charge in [-0.3, -0.25) is 10.1 Å². The number of hydrogen-bond acceptors (Lipinski definition) is 6. The Morgan fingerprint density at radius 2 is 1.97 bits per heavy atom. The molecule has 2 aromatic rings. The fourth-order valence-electron chi connectivity index (χ4n) is 5.00.